The average molecular weight is 454 g/mol. The molecule has 7 nitrogen and oxygen atoms in total. The van der Waals surface area contributed by atoms with Gasteiger partial charge in [0.1, 0.15) is 5.82 Å². The largest absolute Gasteiger partial charge is 0.493 e. The molecule has 2 N–H and O–H groups in total. The van der Waals surface area contributed by atoms with Gasteiger partial charge in [-0.15, -0.1) is 0 Å². The van der Waals surface area contributed by atoms with Crippen molar-refractivity contribution in [1.82, 2.24) is 14.9 Å². The Hall–Kier alpha value is -2.54. The first-order valence-electron chi connectivity index (χ1n) is 12.6. The minimum atomic E-state index is 0.589. The monoisotopic (exact) mass is 453 g/mol. The summed E-state index contributed by atoms with van der Waals surface area (Å²) >= 11 is 0. The number of benzene rings is 1. The van der Waals surface area contributed by atoms with E-state index < -0.39 is 0 Å². The lowest BCUT2D eigenvalue weighted by molar-refractivity contribution is 0.254. The Labute approximate surface area is 198 Å². The number of aromatic nitrogens is 2. The molecule has 7 heteroatoms. The Kier molecular flexibility index (Phi) is 8.64. The maximum atomic E-state index is 6.07. The highest BCUT2D eigenvalue weighted by Crippen LogP contribution is 2.31. The van der Waals surface area contributed by atoms with E-state index in [0.717, 1.165) is 54.1 Å². The molecule has 0 amide bonds. The first-order valence-corrected chi connectivity index (χ1v) is 12.6. The highest BCUT2D eigenvalue weighted by Gasteiger charge is 2.14. The van der Waals surface area contributed by atoms with Crippen LogP contribution in [-0.2, 0) is 0 Å². The van der Waals surface area contributed by atoms with Crippen LogP contribution in [0.1, 0.15) is 57.1 Å². The van der Waals surface area contributed by atoms with Crippen LogP contribution in [0.2, 0.25) is 0 Å². The fourth-order valence-electron chi connectivity index (χ4n) is 4.83. The van der Waals surface area contributed by atoms with Gasteiger partial charge in [0.2, 0.25) is 5.95 Å². The number of aryl methyl sites for hydroxylation is 1. The third kappa shape index (κ3) is 7.22. The molecule has 1 aromatic carbocycles. The molecule has 0 bridgehead atoms. The second kappa shape index (κ2) is 12.1. The number of hydrogen-bond acceptors (Lipinski definition) is 7. The second-order valence-electron chi connectivity index (χ2n) is 9.34. The average Bonchev–Trinajstić information content (AvgIpc) is 3.35. The van der Waals surface area contributed by atoms with Crippen molar-refractivity contribution < 1.29 is 9.47 Å². The van der Waals surface area contributed by atoms with Crippen molar-refractivity contribution in [1.29, 1.82) is 0 Å². The molecule has 2 aromatic rings. The highest BCUT2D eigenvalue weighted by molar-refractivity contribution is 5.60. The summed E-state index contributed by atoms with van der Waals surface area (Å²) in [6, 6.07) is 7.87. The number of rotatable bonds is 11. The van der Waals surface area contributed by atoms with Gasteiger partial charge in [0.05, 0.1) is 13.7 Å². The third-order valence-corrected chi connectivity index (χ3v) is 6.65. The van der Waals surface area contributed by atoms with E-state index in [1.54, 1.807) is 7.11 Å². The van der Waals surface area contributed by atoms with Crippen LogP contribution in [0.5, 0.6) is 11.5 Å². The van der Waals surface area contributed by atoms with E-state index in [0.29, 0.717) is 12.6 Å². The number of ether oxygens (including phenoxy) is 2. The first-order chi connectivity index (χ1) is 16.2. The smallest absolute Gasteiger partial charge is 0.229 e. The molecule has 0 atom stereocenters. The molecule has 0 unspecified atom stereocenters. The molecular weight excluding hydrogens is 414 g/mol. The fourth-order valence-corrected chi connectivity index (χ4v) is 4.83. The molecule has 0 spiro atoms. The summed E-state index contributed by atoms with van der Waals surface area (Å²) in [7, 11) is 1.67. The van der Waals surface area contributed by atoms with E-state index in [1.165, 1.54) is 58.0 Å². The molecule has 1 saturated heterocycles. The van der Waals surface area contributed by atoms with Gasteiger partial charge in [-0.05, 0) is 70.2 Å². The van der Waals surface area contributed by atoms with Crippen molar-refractivity contribution in [3.05, 3.63) is 30.0 Å². The molecule has 2 aliphatic rings. The summed E-state index contributed by atoms with van der Waals surface area (Å²) in [6.45, 7) is 7.18. The molecule has 1 aliphatic heterocycles. The minimum Gasteiger partial charge on any atom is -0.493 e. The molecule has 4 rings (SSSR count). The number of methoxy groups -OCH3 is 1. The number of hydrogen-bond donors (Lipinski definition) is 2. The molecular formula is C26H39N5O2. The fraction of sp³-hybridized carbons (Fsp3) is 0.615. The first kappa shape index (κ1) is 23.6. The van der Waals surface area contributed by atoms with Crippen LogP contribution in [-0.4, -0.2) is 54.8 Å². The molecule has 1 aliphatic carbocycles. The number of likely N-dealkylation sites (tertiary alicyclic amines) is 1. The maximum Gasteiger partial charge on any atom is 0.229 e. The topological polar surface area (TPSA) is 71.5 Å². The maximum absolute atomic E-state index is 6.07. The van der Waals surface area contributed by atoms with E-state index >= 15 is 0 Å². The Bertz CT molecular complexity index is 879. The van der Waals surface area contributed by atoms with Gasteiger partial charge in [-0.25, -0.2) is 4.98 Å². The minimum absolute atomic E-state index is 0.589. The van der Waals surface area contributed by atoms with Crippen LogP contribution in [0.15, 0.2) is 24.3 Å². The SMILES string of the molecule is COc1ccc(Nc2nc(C)cc(NCC3CCCCC3)n2)cc1OCCCN1CCCC1. The standard InChI is InChI=1S/C26H39N5O2/c1-20-17-25(27-19-21-9-4-3-5-10-21)30-26(28-20)29-22-11-12-23(32-2)24(18-22)33-16-8-15-31-13-6-7-14-31/h11-12,17-18,21H,3-10,13-16,19H2,1-2H3,(H2,27,28,29,30). The lowest BCUT2D eigenvalue weighted by Crippen LogP contribution is -2.21. The molecule has 1 saturated carbocycles. The summed E-state index contributed by atoms with van der Waals surface area (Å²) in [4.78, 5) is 11.8. The van der Waals surface area contributed by atoms with Gasteiger partial charge in [-0.3, -0.25) is 0 Å². The van der Waals surface area contributed by atoms with Crippen molar-refractivity contribution in [3.8, 4) is 11.5 Å². The zero-order chi connectivity index (χ0) is 22.9. The molecule has 33 heavy (non-hydrogen) atoms. The van der Waals surface area contributed by atoms with Gasteiger partial charge in [0.25, 0.3) is 0 Å². The number of nitrogens with zero attached hydrogens (tertiary/aromatic N) is 3. The van der Waals surface area contributed by atoms with Crippen molar-refractivity contribution >= 4 is 17.5 Å². The van der Waals surface area contributed by atoms with Crippen LogP contribution in [0, 0.1) is 12.8 Å². The van der Waals surface area contributed by atoms with Crippen molar-refractivity contribution in [3.63, 3.8) is 0 Å². The Balaban J connectivity index is 1.35. The van der Waals surface area contributed by atoms with Crippen LogP contribution in [0.3, 0.4) is 0 Å². The zero-order valence-electron chi connectivity index (χ0n) is 20.2. The van der Waals surface area contributed by atoms with Crippen LogP contribution < -0.4 is 20.1 Å². The molecule has 2 fully saturated rings. The summed E-state index contributed by atoms with van der Waals surface area (Å²) in [5.74, 6) is 3.69. The lowest BCUT2D eigenvalue weighted by Gasteiger charge is -2.22. The zero-order valence-corrected chi connectivity index (χ0v) is 20.2. The van der Waals surface area contributed by atoms with Crippen molar-refractivity contribution in [2.75, 3.05) is 50.5 Å². The molecule has 2 heterocycles. The molecule has 180 valence electrons. The van der Waals surface area contributed by atoms with Crippen LogP contribution in [0.4, 0.5) is 17.5 Å². The summed E-state index contributed by atoms with van der Waals surface area (Å²) in [6.07, 6.45) is 10.4. The van der Waals surface area contributed by atoms with Crippen LogP contribution >= 0.6 is 0 Å². The Morgan fingerprint density at radius 3 is 2.61 bits per heavy atom. The van der Waals surface area contributed by atoms with Crippen LogP contribution in [0.25, 0.3) is 0 Å². The highest BCUT2D eigenvalue weighted by atomic mass is 16.5. The van der Waals surface area contributed by atoms with E-state index in [4.69, 9.17) is 14.5 Å². The quantitative estimate of drug-likeness (QED) is 0.442. The summed E-state index contributed by atoms with van der Waals surface area (Å²) < 4.78 is 11.6. The lowest BCUT2D eigenvalue weighted by atomic mass is 9.89. The second-order valence-corrected chi connectivity index (χ2v) is 9.34. The van der Waals surface area contributed by atoms with Gasteiger partial charge in [-0.2, -0.15) is 4.98 Å². The Morgan fingerprint density at radius 2 is 1.82 bits per heavy atom. The van der Waals surface area contributed by atoms with E-state index in [-0.39, 0.29) is 0 Å². The van der Waals surface area contributed by atoms with Crippen molar-refractivity contribution in [2.24, 2.45) is 5.92 Å². The Morgan fingerprint density at radius 1 is 1.00 bits per heavy atom. The predicted octanol–water partition coefficient (Wildman–Crippen LogP) is 5.39. The molecule has 1 aromatic heterocycles. The van der Waals surface area contributed by atoms with E-state index in [2.05, 4.69) is 20.5 Å². The summed E-state index contributed by atoms with van der Waals surface area (Å²) in [5.41, 5.74) is 1.82. The summed E-state index contributed by atoms with van der Waals surface area (Å²) in [5, 5.41) is 6.87. The normalized spacial score (nSPS) is 17.2. The number of anilines is 3. The van der Waals surface area contributed by atoms with Gasteiger partial charge in [0.15, 0.2) is 11.5 Å². The third-order valence-electron chi connectivity index (χ3n) is 6.65. The van der Waals surface area contributed by atoms with Gasteiger partial charge < -0.3 is 25.0 Å². The predicted molar refractivity (Wildman–Crippen MR) is 134 cm³/mol. The van der Waals surface area contributed by atoms with Gasteiger partial charge >= 0.3 is 0 Å². The van der Waals surface area contributed by atoms with E-state index in [9.17, 15) is 0 Å². The van der Waals surface area contributed by atoms with E-state index in [1.807, 2.05) is 31.2 Å². The van der Waals surface area contributed by atoms with Gasteiger partial charge in [-0.1, -0.05) is 19.3 Å². The van der Waals surface area contributed by atoms with Crippen molar-refractivity contribution in [2.45, 2.75) is 58.3 Å². The number of nitrogens with one attached hydrogen (secondary N) is 2. The van der Waals surface area contributed by atoms with Gasteiger partial charge in [0, 0.05) is 36.6 Å². The molecule has 0 radical (unpaired) electrons.